The molecule has 1 saturated carbocycles. The van der Waals surface area contributed by atoms with Gasteiger partial charge in [-0.1, -0.05) is 33.3 Å². The highest BCUT2D eigenvalue weighted by Crippen LogP contribution is 2.58. The van der Waals surface area contributed by atoms with Crippen LogP contribution in [0.15, 0.2) is 11.6 Å². The summed E-state index contributed by atoms with van der Waals surface area (Å²) in [5.41, 5.74) is 0.963. The molecule has 17 heavy (non-hydrogen) atoms. The molecular weight excluding hydrogens is 212 g/mol. The molecule has 0 amide bonds. The lowest BCUT2D eigenvalue weighted by Crippen LogP contribution is -2.49. The Hall–Kier alpha value is -0.920. The zero-order chi connectivity index (χ0) is 12.7. The minimum Gasteiger partial charge on any atom is -0.303 e. The SMILES string of the molecule is CC1(C)CCC[C@]2(C)C(C=O)C(C=O)=CC[C@@H]12. The Labute approximate surface area is 103 Å². The number of allylic oxidation sites excluding steroid dienone is 2. The third kappa shape index (κ3) is 1.78. The van der Waals surface area contributed by atoms with Crippen LogP contribution in [0.5, 0.6) is 0 Å². The highest BCUT2D eigenvalue weighted by molar-refractivity contribution is 5.82. The summed E-state index contributed by atoms with van der Waals surface area (Å²) in [4.78, 5) is 22.5. The van der Waals surface area contributed by atoms with E-state index in [4.69, 9.17) is 0 Å². The fraction of sp³-hybridized carbons (Fsp3) is 0.733. The summed E-state index contributed by atoms with van der Waals surface area (Å²) in [6, 6.07) is 0. The van der Waals surface area contributed by atoms with E-state index < -0.39 is 0 Å². The van der Waals surface area contributed by atoms with Crippen molar-refractivity contribution >= 4 is 12.6 Å². The lowest BCUT2D eigenvalue weighted by atomic mass is 9.49. The van der Waals surface area contributed by atoms with Crippen molar-refractivity contribution < 1.29 is 9.59 Å². The van der Waals surface area contributed by atoms with Gasteiger partial charge in [-0.3, -0.25) is 4.79 Å². The Bertz CT molecular complexity index is 367. The Kier molecular flexibility index (Phi) is 3.01. The maximum absolute atomic E-state index is 11.4. The summed E-state index contributed by atoms with van der Waals surface area (Å²) in [5.74, 6) is 0.320. The van der Waals surface area contributed by atoms with E-state index in [-0.39, 0.29) is 16.7 Å². The van der Waals surface area contributed by atoms with E-state index in [1.54, 1.807) is 0 Å². The van der Waals surface area contributed by atoms with Crippen molar-refractivity contribution in [2.45, 2.75) is 46.5 Å². The molecule has 1 unspecified atom stereocenters. The van der Waals surface area contributed by atoms with Crippen molar-refractivity contribution in [3.8, 4) is 0 Å². The first-order valence-electron chi connectivity index (χ1n) is 6.56. The van der Waals surface area contributed by atoms with Gasteiger partial charge in [-0.2, -0.15) is 0 Å². The van der Waals surface area contributed by atoms with E-state index in [9.17, 15) is 9.59 Å². The van der Waals surface area contributed by atoms with E-state index in [0.29, 0.717) is 11.5 Å². The minimum absolute atomic E-state index is 0.0194. The fourth-order valence-electron chi connectivity index (χ4n) is 4.24. The molecule has 0 aliphatic heterocycles. The molecule has 1 fully saturated rings. The lowest BCUT2D eigenvalue weighted by Gasteiger charge is -2.55. The van der Waals surface area contributed by atoms with Crippen molar-refractivity contribution in [3.63, 3.8) is 0 Å². The van der Waals surface area contributed by atoms with E-state index in [0.717, 1.165) is 31.8 Å². The molecule has 0 saturated heterocycles. The first kappa shape index (κ1) is 12.5. The van der Waals surface area contributed by atoms with Crippen LogP contribution in [0.3, 0.4) is 0 Å². The fourth-order valence-corrected chi connectivity index (χ4v) is 4.24. The maximum atomic E-state index is 11.4. The first-order chi connectivity index (χ1) is 7.95. The van der Waals surface area contributed by atoms with Gasteiger partial charge in [-0.05, 0) is 41.6 Å². The summed E-state index contributed by atoms with van der Waals surface area (Å²) < 4.78 is 0. The molecule has 2 aliphatic rings. The quantitative estimate of drug-likeness (QED) is 0.688. The second kappa shape index (κ2) is 4.08. The molecule has 0 aromatic carbocycles. The summed E-state index contributed by atoms with van der Waals surface area (Å²) in [6.07, 6.45) is 8.26. The lowest BCUT2D eigenvalue weighted by molar-refractivity contribution is -0.122. The highest BCUT2D eigenvalue weighted by Gasteiger charge is 2.52. The van der Waals surface area contributed by atoms with Gasteiger partial charge in [0.05, 0.1) is 0 Å². The van der Waals surface area contributed by atoms with E-state index in [2.05, 4.69) is 20.8 Å². The van der Waals surface area contributed by atoms with Gasteiger partial charge in [0.2, 0.25) is 0 Å². The molecule has 2 heteroatoms. The van der Waals surface area contributed by atoms with Crippen molar-refractivity contribution in [2.75, 3.05) is 0 Å². The van der Waals surface area contributed by atoms with Crippen molar-refractivity contribution in [1.82, 2.24) is 0 Å². The number of carbonyl (C=O) groups is 2. The average molecular weight is 234 g/mol. The summed E-state index contributed by atoms with van der Waals surface area (Å²) in [6.45, 7) is 6.81. The number of rotatable bonds is 2. The topological polar surface area (TPSA) is 34.1 Å². The van der Waals surface area contributed by atoms with Gasteiger partial charge >= 0.3 is 0 Å². The Morgan fingerprint density at radius 1 is 1.24 bits per heavy atom. The molecule has 2 nitrogen and oxygen atoms in total. The second-order valence-electron chi connectivity index (χ2n) is 6.57. The minimum atomic E-state index is -0.196. The normalized spacial score (nSPS) is 40.1. The zero-order valence-corrected chi connectivity index (χ0v) is 11.0. The van der Waals surface area contributed by atoms with Gasteiger partial charge < -0.3 is 4.79 Å². The summed E-state index contributed by atoms with van der Waals surface area (Å²) >= 11 is 0. The number of hydrogen-bond acceptors (Lipinski definition) is 2. The molecule has 2 rings (SSSR count). The first-order valence-corrected chi connectivity index (χ1v) is 6.56. The number of hydrogen-bond donors (Lipinski definition) is 0. The molecule has 2 aliphatic carbocycles. The molecular formula is C15H22O2. The summed E-state index contributed by atoms with van der Waals surface area (Å²) in [5, 5.41) is 0. The van der Waals surface area contributed by atoms with Crippen LogP contribution in [-0.4, -0.2) is 12.6 Å². The van der Waals surface area contributed by atoms with Gasteiger partial charge in [0.15, 0.2) is 0 Å². The summed E-state index contributed by atoms with van der Waals surface area (Å²) in [7, 11) is 0. The van der Waals surface area contributed by atoms with E-state index in [1.807, 2.05) is 6.08 Å². The van der Waals surface area contributed by atoms with Crippen LogP contribution in [0.25, 0.3) is 0 Å². The van der Waals surface area contributed by atoms with Crippen LogP contribution >= 0.6 is 0 Å². The molecule has 0 heterocycles. The van der Waals surface area contributed by atoms with Crippen LogP contribution in [-0.2, 0) is 9.59 Å². The molecule has 0 spiro atoms. The van der Waals surface area contributed by atoms with Crippen LogP contribution in [0.2, 0.25) is 0 Å². The largest absolute Gasteiger partial charge is 0.303 e. The van der Waals surface area contributed by atoms with Crippen LogP contribution in [0.4, 0.5) is 0 Å². The predicted molar refractivity (Wildman–Crippen MR) is 67.5 cm³/mol. The van der Waals surface area contributed by atoms with Crippen LogP contribution < -0.4 is 0 Å². The monoisotopic (exact) mass is 234 g/mol. The van der Waals surface area contributed by atoms with Gasteiger partial charge in [-0.25, -0.2) is 0 Å². The van der Waals surface area contributed by atoms with E-state index >= 15 is 0 Å². The molecule has 3 atom stereocenters. The van der Waals surface area contributed by atoms with Crippen molar-refractivity contribution in [1.29, 1.82) is 0 Å². The zero-order valence-electron chi connectivity index (χ0n) is 11.0. The number of fused-ring (bicyclic) bond motifs is 1. The van der Waals surface area contributed by atoms with Crippen LogP contribution in [0.1, 0.15) is 46.5 Å². The molecule has 0 N–H and O–H groups in total. The molecule has 0 bridgehead atoms. The number of aldehydes is 2. The predicted octanol–water partition coefficient (Wildman–Crippen LogP) is 3.16. The van der Waals surface area contributed by atoms with Gasteiger partial charge in [0, 0.05) is 5.92 Å². The Morgan fingerprint density at radius 3 is 2.53 bits per heavy atom. The third-order valence-electron chi connectivity index (χ3n) is 5.21. The number of carbonyl (C=O) groups excluding carboxylic acids is 2. The Morgan fingerprint density at radius 2 is 1.94 bits per heavy atom. The highest BCUT2D eigenvalue weighted by atomic mass is 16.1. The van der Waals surface area contributed by atoms with Gasteiger partial charge in [0.1, 0.15) is 12.6 Å². The van der Waals surface area contributed by atoms with E-state index in [1.165, 1.54) is 6.42 Å². The van der Waals surface area contributed by atoms with Crippen LogP contribution in [0, 0.1) is 22.7 Å². The third-order valence-corrected chi connectivity index (χ3v) is 5.21. The Balaban J connectivity index is 2.45. The van der Waals surface area contributed by atoms with Crippen molar-refractivity contribution in [3.05, 3.63) is 11.6 Å². The van der Waals surface area contributed by atoms with Crippen molar-refractivity contribution in [2.24, 2.45) is 22.7 Å². The second-order valence-corrected chi connectivity index (χ2v) is 6.57. The van der Waals surface area contributed by atoms with Gasteiger partial charge in [0.25, 0.3) is 0 Å². The standard InChI is InChI=1S/C15H22O2/c1-14(2)7-4-8-15(3)12(10-17)11(9-16)5-6-13(14)15/h5,9-10,12-13H,4,6-8H2,1-3H3/t12?,13-,15+/m0/s1. The molecule has 0 aromatic heterocycles. The van der Waals surface area contributed by atoms with Gasteiger partial charge in [-0.15, -0.1) is 0 Å². The molecule has 0 radical (unpaired) electrons. The molecule has 94 valence electrons. The maximum Gasteiger partial charge on any atom is 0.146 e. The average Bonchev–Trinajstić information content (AvgIpc) is 2.26. The molecule has 0 aromatic rings. The smallest absolute Gasteiger partial charge is 0.146 e.